The van der Waals surface area contributed by atoms with Gasteiger partial charge in [-0.05, 0) is 50.5 Å². The third kappa shape index (κ3) is 7.75. The van der Waals surface area contributed by atoms with Crippen molar-refractivity contribution in [1.82, 2.24) is 9.80 Å². The molecule has 2 rings (SSSR count). The third-order valence-electron chi connectivity index (χ3n) is 4.80. The second-order valence-corrected chi connectivity index (χ2v) is 9.35. The Labute approximate surface area is 203 Å². The zero-order valence-electron chi connectivity index (χ0n) is 19.3. The highest BCUT2D eigenvalue weighted by molar-refractivity contribution is 8.26. The molecule has 1 saturated heterocycles. The maximum absolute atomic E-state index is 12.8. The average Bonchev–Trinajstić information content (AvgIpc) is 3.01. The third-order valence-corrected chi connectivity index (χ3v) is 6.18. The lowest BCUT2D eigenvalue weighted by atomic mass is 10.1. The molecule has 1 heterocycles. The van der Waals surface area contributed by atoms with E-state index in [-0.39, 0.29) is 18.2 Å². The fourth-order valence-electron chi connectivity index (χ4n) is 3.15. The molecule has 1 unspecified atom stereocenters. The maximum atomic E-state index is 12.8. The summed E-state index contributed by atoms with van der Waals surface area (Å²) in [4.78, 5) is 39.1. The van der Waals surface area contributed by atoms with E-state index < -0.39 is 12.1 Å². The summed E-state index contributed by atoms with van der Waals surface area (Å²) < 4.78 is 12.0. The van der Waals surface area contributed by atoms with Crippen molar-refractivity contribution < 1.29 is 29.0 Å². The number of aliphatic carboxylic acids is 1. The van der Waals surface area contributed by atoms with Crippen LogP contribution in [-0.4, -0.2) is 70.4 Å². The topological polar surface area (TPSA) is 96.4 Å². The predicted molar refractivity (Wildman–Crippen MR) is 132 cm³/mol. The van der Waals surface area contributed by atoms with E-state index in [1.165, 1.54) is 16.7 Å². The van der Waals surface area contributed by atoms with Crippen molar-refractivity contribution in [3.8, 4) is 11.5 Å². The lowest BCUT2D eigenvalue weighted by Crippen LogP contribution is -2.35. The molecule has 1 N–H and O–H groups in total. The van der Waals surface area contributed by atoms with Gasteiger partial charge in [-0.25, -0.2) is 0 Å². The second-order valence-electron chi connectivity index (χ2n) is 7.67. The molecular weight excluding hydrogens is 464 g/mol. The van der Waals surface area contributed by atoms with E-state index >= 15 is 0 Å². The molecule has 8 nitrogen and oxygen atoms in total. The Hall–Kier alpha value is -2.59. The second kappa shape index (κ2) is 12.6. The summed E-state index contributed by atoms with van der Waals surface area (Å²) in [6, 6.07) is 5.28. The lowest BCUT2D eigenvalue weighted by Gasteiger charge is -2.20. The molecule has 0 aromatic heterocycles. The number of carbonyl (C=O) groups excluding carboxylic acids is 2. The molecule has 1 aliphatic rings. The molecule has 180 valence electrons. The standard InChI is InChI=1S/C23H30N2O6S2/c1-5-30-18-13-16(10-11-17(18)31-15(2)21(28)24(3)4)14-19-22(29)25(23(32)33-19)12-8-6-7-9-20(26)27/h10-11,13-15H,5-9,12H2,1-4H3,(H,26,27)/b19-14-. The first-order valence-corrected chi connectivity index (χ1v) is 12.0. The van der Waals surface area contributed by atoms with Crippen LogP contribution in [0.15, 0.2) is 23.1 Å². The average molecular weight is 495 g/mol. The minimum Gasteiger partial charge on any atom is -0.490 e. The molecule has 1 aromatic carbocycles. The molecule has 0 saturated carbocycles. The summed E-state index contributed by atoms with van der Waals surface area (Å²) in [7, 11) is 3.34. The van der Waals surface area contributed by atoms with Crippen molar-refractivity contribution in [3.05, 3.63) is 28.7 Å². The van der Waals surface area contributed by atoms with Crippen molar-refractivity contribution in [3.63, 3.8) is 0 Å². The van der Waals surface area contributed by atoms with E-state index in [9.17, 15) is 14.4 Å². The number of hydrogen-bond acceptors (Lipinski definition) is 7. The van der Waals surface area contributed by atoms with Crippen molar-refractivity contribution in [2.24, 2.45) is 0 Å². The molecule has 0 radical (unpaired) electrons. The van der Waals surface area contributed by atoms with Crippen LogP contribution in [0.4, 0.5) is 0 Å². The molecule has 1 atom stereocenters. The van der Waals surface area contributed by atoms with Gasteiger partial charge in [0.1, 0.15) is 4.32 Å². The smallest absolute Gasteiger partial charge is 0.303 e. The molecule has 10 heteroatoms. The maximum Gasteiger partial charge on any atom is 0.303 e. The number of unbranched alkanes of at least 4 members (excludes halogenated alkanes) is 2. The van der Waals surface area contributed by atoms with E-state index in [0.29, 0.717) is 46.7 Å². The van der Waals surface area contributed by atoms with Gasteiger partial charge in [-0.3, -0.25) is 19.3 Å². The zero-order valence-corrected chi connectivity index (χ0v) is 21.0. The predicted octanol–water partition coefficient (Wildman–Crippen LogP) is 3.79. The molecule has 1 fully saturated rings. The molecule has 0 aliphatic carbocycles. The summed E-state index contributed by atoms with van der Waals surface area (Å²) in [6.45, 7) is 4.42. The first-order chi connectivity index (χ1) is 15.6. The zero-order chi connectivity index (χ0) is 24.5. The Kier molecular flexibility index (Phi) is 10.2. The minimum atomic E-state index is -0.815. The van der Waals surface area contributed by atoms with E-state index in [4.69, 9.17) is 26.8 Å². The van der Waals surface area contributed by atoms with Crippen LogP contribution in [0.25, 0.3) is 6.08 Å². The van der Waals surface area contributed by atoms with E-state index in [2.05, 4.69) is 0 Å². The first-order valence-electron chi connectivity index (χ1n) is 10.8. The van der Waals surface area contributed by atoms with Crippen LogP contribution in [-0.2, 0) is 14.4 Å². The molecule has 1 aromatic rings. The van der Waals surface area contributed by atoms with Gasteiger partial charge in [0.05, 0.1) is 11.5 Å². The molecule has 0 spiro atoms. The largest absolute Gasteiger partial charge is 0.490 e. The molecule has 1 aliphatic heterocycles. The van der Waals surface area contributed by atoms with Gasteiger partial charge in [0.15, 0.2) is 17.6 Å². The summed E-state index contributed by atoms with van der Waals surface area (Å²) in [5.41, 5.74) is 0.749. The van der Waals surface area contributed by atoms with Gasteiger partial charge in [0, 0.05) is 27.1 Å². The number of carboxylic acids is 1. The van der Waals surface area contributed by atoms with E-state index in [1.54, 1.807) is 50.2 Å². The Morgan fingerprint density at radius 2 is 1.97 bits per heavy atom. The Morgan fingerprint density at radius 3 is 2.61 bits per heavy atom. The fraction of sp³-hybridized carbons (Fsp3) is 0.478. The Bertz CT molecular complexity index is 932. The number of carboxylic acid groups (broad SMARTS) is 1. The van der Waals surface area contributed by atoms with Crippen molar-refractivity contribution in [2.75, 3.05) is 27.2 Å². The van der Waals surface area contributed by atoms with Crippen LogP contribution in [0.1, 0.15) is 45.1 Å². The van der Waals surface area contributed by atoms with Crippen LogP contribution >= 0.6 is 24.0 Å². The quantitative estimate of drug-likeness (QED) is 0.266. The number of ether oxygens (including phenoxy) is 2. The number of likely N-dealkylation sites (N-methyl/N-ethyl adjacent to an activating group) is 1. The molecule has 33 heavy (non-hydrogen) atoms. The summed E-state index contributed by atoms with van der Waals surface area (Å²) in [5.74, 6) is -0.200. The lowest BCUT2D eigenvalue weighted by molar-refractivity contribution is -0.137. The van der Waals surface area contributed by atoms with E-state index in [1.807, 2.05) is 6.92 Å². The number of rotatable bonds is 12. The minimum absolute atomic E-state index is 0.127. The highest BCUT2D eigenvalue weighted by Crippen LogP contribution is 2.35. The summed E-state index contributed by atoms with van der Waals surface area (Å²) in [5, 5.41) is 8.71. The van der Waals surface area contributed by atoms with Crippen LogP contribution in [0.2, 0.25) is 0 Å². The van der Waals surface area contributed by atoms with Crippen molar-refractivity contribution >= 4 is 52.2 Å². The highest BCUT2D eigenvalue weighted by Gasteiger charge is 2.31. The van der Waals surface area contributed by atoms with Crippen molar-refractivity contribution in [2.45, 2.75) is 45.6 Å². The molecule has 0 bridgehead atoms. The highest BCUT2D eigenvalue weighted by atomic mass is 32.2. The Morgan fingerprint density at radius 1 is 1.24 bits per heavy atom. The number of thiocarbonyl (C=S) groups is 1. The number of benzene rings is 1. The molecule has 2 amide bonds. The van der Waals surface area contributed by atoms with Gasteiger partial charge < -0.3 is 19.5 Å². The number of thioether (sulfide) groups is 1. The van der Waals surface area contributed by atoms with E-state index in [0.717, 1.165) is 12.0 Å². The van der Waals surface area contributed by atoms with Crippen LogP contribution in [0.5, 0.6) is 11.5 Å². The molecular formula is C23H30N2O6S2. The van der Waals surface area contributed by atoms with Gasteiger partial charge in [0.25, 0.3) is 11.8 Å². The van der Waals surface area contributed by atoms with Crippen LogP contribution in [0.3, 0.4) is 0 Å². The number of amides is 2. The van der Waals surface area contributed by atoms with Gasteiger partial charge in [-0.2, -0.15) is 0 Å². The van der Waals surface area contributed by atoms with Gasteiger partial charge >= 0.3 is 5.97 Å². The van der Waals surface area contributed by atoms with Crippen LogP contribution < -0.4 is 9.47 Å². The summed E-state index contributed by atoms with van der Waals surface area (Å²) in [6.07, 6.45) is 3.20. The summed E-state index contributed by atoms with van der Waals surface area (Å²) >= 11 is 6.60. The number of nitrogens with zero attached hydrogens (tertiary/aromatic N) is 2. The van der Waals surface area contributed by atoms with Gasteiger partial charge in [0.2, 0.25) is 0 Å². The van der Waals surface area contributed by atoms with Gasteiger partial charge in [-0.15, -0.1) is 0 Å². The number of hydrogen-bond donors (Lipinski definition) is 1. The first kappa shape index (κ1) is 26.7. The Balaban J connectivity index is 2.10. The SMILES string of the molecule is CCOc1cc(/C=C2\SC(=S)N(CCCCCC(=O)O)C2=O)ccc1OC(C)C(=O)N(C)C. The van der Waals surface area contributed by atoms with Crippen molar-refractivity contribution in [1.29, 1.82) is 0 Å². The fourth-order valence-corrected chi connectivity index (χ4v) is 4.46. The monoisotopic (exact) mass is 494 g/mol. The van der Waals surface area contributed by atoms with Gasteiger partial charge in [-0.1, -0.05) is 36.5 Å². The van der Waals surface area contributed by atoms with Crippen LogP contribution in [0, 0.1) is 0 Å². The number of carbonyl (C=O) groups is 3. The normalized spacial score (nSPS) is 15.6.